The van der Waals surface area contributed by atoms with E-state index in [4.69, 9.17) is 4.74 Å². The van der Waals surface area contributed by atoms with Crippen molar-refractivity contribution >= 4 is 11.8 Å². The zero-order valence-corrected chi connectivity index (χ0v) is 11.1. The maximum absolute atomic E-state index is 12.2. The molecule has 5 nitrogen and oxygen atoms in total. The van der Waals surface area contributed by atoms with Crippen LogP contribution in [0.25, 0.3) is 0 Å². The molecule has 2 amide bonds. The van der Waals surface area contributed by atoms with Gasteiger partial charge in [-0.2, -0.15) is 0 Å². The van der Waals surface area contributed by atoms with Crippen molar-refractivity contribution in [2.24, 2.45) is 5.92 Å². The van der Waals surface area contributed by atoms with E-state index >= 15 is 0 Å². The molecule has 0 aromatic rings. The lowest BCUT2D eigenvalue weighted by molar-refractivity contribution is -0.147. The summed E-state index contributed by atoms with van der Waals surface area (Å²) in [7, 11) is 0. The highest BCUT2D eigenvalue weighted by atomic mass is 16.5. The van der Waals surface area contributed by atoms with Crippen molar-refractivity contribution in [3.63, 3.8) is 0 Å². The molecule has 2 aliphatic rings. The second-order valence-electron chi connectivity index (χ2n) is 5.50. The van der Waals surface area contributed by atoms with E-state index in [1.54, 1.807) is 4.90 Å². The van der Waals surface area contributed by atoms with Crippen LogP contribution in [-0.4, -0.2) is 48.6 Å². The molecule has 2 fully saturated rings. The van der Waals surface area contributed by atoms with Crippen LogP contribution < -0.4 is 5.32 Å². The smallest absolute Gasteiger partial charge is 0.245 e. The first kappa shape index (κ1) is 13.3. The fraction of sp³-hybridized carbons (Fsp3) is 0.846. The first-order valence-electron chi connectivity index (χ1n) is 6.77. The van der Waals surface area contributed by atoms with Gasteiger partial charge in [-0.25, -0.2) is 0 Å². The maximum atomic E-state index is 12.2. The molecule has 0 radical (unpaired) electrons. The Kier molecular flexibility index (Phi) is 4.22. The summed E-state index contributed by atoms with van der Waals surface area (Å²) < 4.78 is 5.63. The van der Waals surface area contributed by atoms with E-state index in [1.807, 2.05) is 13.8 Å². The van der Waals surface area contributed by atoms with E-state index in [1.165, 1.54) is 0 Å². The minimum atomic E-state index is -0.380. The van der Waals surface area contributed by atoms with Crippen molar-refractivity contribution < 1.29 is 14.3 Å². The summed E-state index contributed by atoms with van der Waals surface area (Å²) >= 11 is 0. The van der Waals surface area contributed by atoms with Crippen LogP contribution in [0, 0.1) is 5.92 Å². The Morgan fingerprint density at radius 3 is 2.78 bits per heavy atom. The number of piperazine rings is 1. The summed E-state index contributed by atoms with van der Waals surface area (Å²) in [5, 5.41) is 2.76. The number of amides is 2. The van der Waals surface area contributed by atoms with Gasteiger partial charge in [-0.3, -0.25) is 9.59 Å². The minimum Gasteiger partial charge on any atom is -0.376 e. The highest BCUT2D eigenvalue weighted by molar-refractivity contribution is 5.95. The van der Waals surface area contributed by atoms with Crippen molar-refractivity contribution in [2.45, 2.75) is 45.3 Å². The highest BCUT2D eigenvalue weighted by Gasteiger charge is 2.35. The van der Waals surface area contributed by atoms with Gasteiger partial charge in [0, 0.05) is 13.2 Å². The third kappa shape index (κ3) is 3.02. The SMILES string of the molecule is CC(C)C1NC(=O)CN(CC2CCCCO2)C1=O. The quantitative estimate of drug-likeness (QED) is 0.799. The van der Waals surface area contributed by atoms with Gasteiger partial charge < -0.3 is 15.0 Å². The maximum Gasteiger partial charge on any atom is 0.245 e. The standard InChI is InChI=1S/C13H22N2O3/c1-9(2)12-13(17)15(8-11(16)14-12)7-10-5-3-4-6-18-10/h9-10,12H,3-8H2,1-2H3,(H,14,16). The van der Waals surface area contributed by atoms with Gasteiger partial charge in [0.05, 0.1) is 12.6 Å². The van der Waals surface area contributed by atoms with Gasteiger partial charge in [-0.15, -0.1) is 0 Å². The van der Waals surface area contributed by atoms with Gasteiger partial charge in [0.15, 0.2) is 0 Å². The van der Waals surface area contributed by atoms with Crippen molar-refractivity contribution in [3.8, 4) is 0 Å². The number of nitrogens with zero attached hydrogens (tertiary/aromatic N) is 1. The molecule has 0 aromatic carbocycles. The van der Waals surface area contributed by atoms with E-state index in [-0.39, 0.29) is 36.4 Å². The summed E-state index contributed by atoms with van der Waals surface area (Å²) in [4.78, 5) is 25.5. The molecule has 18 heavy (non-hydrogen) atoms. The van der Waals surface area contributed by atoms with Crippen LogP contribution in [0.15, 0.2) is 0 Å². The Balaban J connectivity index is 1.97. The van der Waals surface area contributed by atoms with Gasteiger partial charge >= 0.3 is 0 Å². The molecular formula is C13H22N2O3. The van der Waals surface area contributed by atoms with Crippen LogP contribution in [0.2, 0.25) is 0 Å². The lowest BCUT2D eigenvalue weighted by Crippen LogP contribution is -2.61. The number of carbonyl (C=O) groups is 2. The molecule has 1 N–H and O–H groups in total. The summed E-state index contributed by atoms with van der Waals surface area (Å²) in [5.74, 6) is 0.0828. The van der Waals surface area contributed by atoms with Gasteiger partial charge in [0.25, 0.3) is 0 Å². The van der Waals surface area contributed by atoms with E-state index in [0.717, 1.165) is 25.9 Å². The van der Waals surface area contributed by atoms with Gasteiger partial charge in [0.2, 0.25) is 11.8 Å². The predicted molar refractivity (Wildman–Crippen MR) is 66.9 cm³/mol. The van der Waals surface area contributed by atoms with Gasteiger partial charge in [-0.05, 0) is 25.2 Å². The molecule has 102 valence electrons. The van der Waals surface area contributed by atoms with Crippen LogP contribution in [0.1, 0.15) is 33.1 Å². The summed E-state index contributed by atoms with van der Waals surface area (Å²) in [6.07, 6.45) is 3.32. The molecule has 0 aromatic heterocycles. The summed E-state index contributed by atoms with van der Waals surface area (Å²) in [6.45, 7) is 5.39. The zero-order valence-electron chi connectivity index (χ0n) is 11.1. The van der Waals surface area contributed by atoms with E-state index in [2.05, 4.69) is 5.32 Å². The molecule has 2 rings (SSSR count). The average Bonchev–Trinajstić information content (AvgIpc) is 2.34. The van der Waals surface area contributed by atoms with Crippen molar-refractivity contribution in [1.29, 1.82) is 0 Å². The highest BCUT2D eigenvalue weighted by Crippen LogP contribution is 2.17. The molecule has 0 spiro atoms. The van der Waals surface area contributed by atoms with Crippen LogP contribution >= 0.6 is 0 Å². The molecular weight excluding hydrogens is 232 g/mol. The molecule has 0 saturated carbocycles. The minimum absolute atomic E-state index is 0.0266. The Morgan fingerprint density at radius 1 is 1.39 bits per heavy atom. The topological polar surface area (TPSA) is 58.6 Å². The third-order valence-electron chi connectivity index (χ3n) is 3.59. The average molecular weight is 254 g/mol. The molecule has 2 saturated heterocycles. The number of ether oxygens (including phenoxy) is 1. The number of hydrogen-bond acceptors (Lipinski definition) is 3. The zero-order chi connectivity index (χ0) is 13.1. The first-order chi connectivity index (χ1) is 8.58. The van der Waals surface area contributed by atoms with E-state index in [9.17, 15) is 9.59 Å². The molecule has 2 heterocycles. The van der Waals surface area contributed by atoms with Crippen molar-refractivity contribution in [2.75, 3.05) is 19.7 Å². The second kappa shape index (κ2) is 5.69. The fourth-order valence-corrected chi connectivity index (χ4v) is 2.53. The van der Waals surface area contributed by atoms with Crippen LogP contribution in [0.5, 0.6) is 0 Å². The Bertz CT molecular complexity index is 324. The van der Waals surface area contributed by atoms with Crippen molar-refractivity contribution in [1.82, 2.24) is 10.2 Å². The van der Waals surface area contributed by atoms with Crippen LogP contribution in [0.4, 0.5) is 0 Å². The number of nitrogens with one attached hydrogen (secondary N) is 1. The molecule has 0 aliphatic carbocycles. The van der Waals surface area contributed by atoms with E-state index < -0.39 is 0 Å². The summed E-state index contributed by atoms with van der Waals surface area (Å²) in [5.41, 5.74) is 0. The van der Waals surface area contributed by atoms with Gasteiger partial charge in [-0.1, -0.05) is 13.8 Å². The lowest BCUT2D eigenvalue weighted by Gasteiger charge is -2.36. The van der Waals surface area contributed by atoms with Crippen LogP contribution in [-0.2, 0) is 14.3 Å². The predicted octanol–water partition coefficient (Wildman–Crippen LogP) is 0.538. The number of hydrogen-bond donors (Lipinski definition) is 1. The molecule has 0 bridgehead atoms. The molecule has 2 aliphatic heterocycles. The first-order valence-corrected chi connectivity index (χ1v) is 6.77. The largest absolute Gasteiger partial charge is 0.376 e. The lowest BCUT2D eigenvalue weighted by atomic mass is 10.00. The third-order valence-corrected chi connectivity index (χ3v) is 3.59. The number of rotatable bonds is 3. The normalized spacial score (nSPS) is 29.6. The Morgan fingerprint density at radius 2 is 2.17 bits per heavy atom. The second-order valence-corrected chi connectivity index (χ2v) is 5.50. The van der Waals surface area contributed by atoms with Crippen molar-refractivity contribution in [3.05, 3.63) is 0 Å². The summed E-state index contributed by atoms with van der Waals surface area (Å²) in [6, 6.07) is -0.380. The number of carbonyl (C=O) groups excluding carboxylic acids is 2. The Hall–Kier alpha value is -1.10. The fourth-order valence-electron chi connectivity index (χ4n) is 2.53. The molecule has 2 unspecified atom stereocenters. The van der Waals surface area contributed by atoms with E-state index in [0.29, 0.717) is 6.54 Å². The van der Waals surface area contributed by atoms with Crippen LogP contribution in [0.3, 0.4) is 0 Å². The molecule has 2 atom stereocenters. The van der Waals surface area contributed by atoms with Gasteiger partial charge in [0.1, 0.15) is 6.04 Å². The molecule has 5 heteroatoms. The monoisotopic (exact) mass is 254 g/mol. The Labute approximate surface area is 108 Å².